The topological polar surface area (TPSA) is 75.4 Å². The molecule has 0 aliphatic carbocycles. The normalized spacial score (nSPS) is 11.5. The molecule has 0 saturated carbocycles. The molecular weight excluding hydrogens is 286 g/mol. The molecule has 4 N–H and O–H groups in total. The van der Waals surface area contributed by atoms with Gasteiger partial charge in [-0.2, -0.15) is 0 Å². The molecule has 1 rings (SSSR count). The molecule has 0 bridgehead atoms. The summed E-state index contributed by atoms with van der Waals surface area (Å²) in [6.45, 7) is 1.96. The van der Waals surface area contributed by atoms with Gasteiger partial charge in [0.1, 0.15) is 0 Å². The number of phenolic OH excluding ortho intramolecular Hbond substituents is 1. The fourth-order valence-corrected chi connectivity index (χ4v) is 1.50. The zero-order chi connectivity index (χ0) is 12.3. The number of anilines is 1. The van der Waals surface area contributed by atoms with Crippen LogP contribution in [0.1, 0.15) is 6.92 Å². The van der Waals surface area contributed by atoms with Crippen LogP contribution >= 0.6 is 35.6 Å². The van der Waals surface area contributed by atoms with Crippen LogP contribution < -0.4 is 11.1 Å². The van der Waals surface area contributed by atoms with Crippen LogP contribution in [0.5, 0.6) is 5.75 Å². The lowest BCUT2D eigenvalue weighted by molar-refractivity contribution is -0.119. The van der Waals surface area contributed by atoms with Gasteiger partial charge in [0.2, 0.25) is 5.91 Å². The number of benzene rings is 1. The van der Waals surface area contributed by atoms with E-state index in [0.717, 1.165) is 0 Å². The van der Waals surface area contributed by atoms with Gasteiger partial charge in [0.25, 0.3) is 0 Å². The highest BCUT2D eigenvalue weighted by molar-refractivity contribution is 6.37. The van der Waals surface area contributed by atoms with E-state index in [1.165, 1.54) is 12.1 Å². The standard InChI is InChI=1S/C10H12Cl2N2O2.ClH/c1-5(4-13)10(16)14-6-2-7(11)9(15)8(12)3-6;/h2-3,5,15H,4,13H2,1H3,(H,14,16);1H. The predicted molar refractivity (Wildman–Crippen MR) is 72.2 cm³/mol. The molecule has 0 fully saturated rings. The zero-order valence-electron chi connectivity index (χ0n) is 9.04. The molecule has 7 heteroatoms. The van der Waals surface area contributed by atoms with Crippen LogP contribution in [0.2, 0.25) is 10.0 Å². The van der Waals surface area contributed by atoms with Crippen molar-refractivity contribution in [1.29, 1.82) is 0 Å². The number of amides is 1. The molecule has 17 heavy (non-hydrogen) atoms. The third-order valence-electron chi connectivity index (χ3n) is 2.09. The van der Waals surface area contributed by atoms with Crippen molar-refractivity contribution in [3.63, 3.8) is 0 Å². The lowest BCUT2D eigenvalue weighted by Crippen LogP contribution is -2.26. The number of hydrogen-bond acceptors (Lipinski definition) is 3. The van der Waals surface area contributed by atoms with E-state index < -0.39 is 0 Å². The molecule has 1 aromatic carbocycles. The highest BCUT2D eigenvalue weighted by Gasteiger charge is 2.13. The Hall–Kier alpha value is -0.680. The Kier molecular flexibility index (Phi) is 6.64. The van der Waals surface area contributed by atoms with E-state index in [4.69, 9.17) is 28.9 Å². The van der Waals surface area contributed by atoms with Crippen LogP contribution in [0.4, 0.5) is 5.69 Å². The molecule has 0 aliphatic heterocycles. The van der Waals surface area contributed by atoms with E-state index in [2.05, 4.69) is 5.32 Å². The Bertz CT molecular complexity index is 390. The van der Waals surface area contributed by atoms with Crippen molar-refractivity contribution in [2.24, 2.45) is 11.7 Å². The van der Waals surface area contributed by atoms with Crippen molar-refractivity contribution >= 4 is 47.2 Å². The minimum Gasteiger partial charge on any atom is -0.505 e. The Balaban J connectivity index is 0.00000256. The monoisotopic (exact) mass is 298 g/mol. The van der Waals surface area contributed by atoms with Crippen LogP contribution in [0.15, 0.2) is 12.1 Å². The van der Waals surface area contributed by atoms with Crippen molar-refractivity contribution < 1.29 is 9.90 Å². The number of halogens is 3. The zero-order valence-corrected chi connectivity index (χ0v) is 11.4. The van der Waals surface area contributed by atoms with Crippen LogP contribution in [0.3, 0.4) is 0 Å². The third kappa shape index (κ3) is 4.24. The summed E-state index contributed by atoms with van der Waals surface area (Å²) in [5.74, 6) is -0.722. The quantitative estimate of drug-likeness (QED) is 0.751. The molecule has 1 amide bonds. The Morgan fingerprint density at radius 3 is 2.35 bits per heavy atom. The van der Waals surface area contributed by atoms with Crippen LogP contribution in [-0.2, 0) is 4.79 Å². The first-order valence-corrected chi connectivity index (χ1v) is 5.40. The molecular formula is C10H13Cl3N2O2. The number of nitrogens with two attached hydrogens (primary N) is 1. The van der Waals surface area contributed by atoms with Crippen LogP contribution in [0, 0.1) is 5.92 Å². The highest BCUT2D eigenvalue weighted by atomic mass is 35.5. The summed E-state index contributed by atoms with van der Waals surface area (Å²) >= 11 is 11.4. The first kappa shape index (κ1) is 16.3. The maximum absolute atomic E-state index is 11.5. The summed E-state index contributed by atoms with van der Waals surface area (Å²) in [6, 6.07) is 2.84. The maximum Gasteiger partial charge on any atom is 0.228 e. The van der Waals surface area contributed by atoms with Gasteiger partial charge in [-0.3, -0.25) is 4.79 Å². The second kappa shape index (κ2) is 6.91. The van der Waals surface area contributed by atoms with Crippen molar-refractivity contribution in [3.05, 3.63) is 22.2 Å². The van der Waals surface area contributed by atoms with Gasteiger partial charge >= 0.3 is 0 Å². The summed E-state index contributed by atoms with van der Waals surface area (Å²) in [5.41, 5.74) is 5.79. The summed E-state index contributed by atoms with van der Waals surface area (Å²) in [6.07, 6.45) is 0. The summed E-state index contributed by atoms with van der Waals surface area (Å²) in [5, 5.41) is 12.1. The summed E-state index contributed by atoms with van der Waals surface area (Å²) in [4.78, 5) is 11.5. The van der Waals surface area contributed by atoms with E-state index in [9.17, 15) is 9.90 Å². The van der Waals surface area contributed by atoms with Crippen LogP contribution in [0.25, 0.3) is 0 Å². The van der Waals surface area contributed by atoms with Gasteiger partial charge in [-0.05, 0) is 12.1 Å². The average Bonchev–Trinajstić information content (AvgIpc) is 2.24. The van der Waals surface area contributed by atoms with Gasteiger partial charge < -0.3 is 16.2 Å². The van der Waals surface area contributed by atoms with Crippen molar-refractivity contribution in [1.82, 2.24) is 0 Å². The maximum atomic E-state index is 11.5. The Labute approximate surface area is 115 Å². The smallest absolute Gasteiger partial charge is 0.228 e. The second-order valence-corrected chi connectivity index (χ2v) is 4.23. The number of aromatic hydroxyl groups is 1. The van der Waals surface area contributed by atoms with E-state index in [0.29, 0.717) is 5.69 Å². The molecule has 96 valence electrons. The van der Waals surface area contributed by atoms with Gasteiger partial charge in [-0.15, -0.1) is 12.4 Å². The molecule has 4 nitrogen and oxygen atoms in total. The number of nitrogens with one attached hydrogen (secondary N) is 1. The molecule has 0 heterocycles. The number of rotatable bonds is 3. The minimum atomic E-state index is -0.300. The number of hydrogen-bond donors (Lipinski definition) is 3. The fourth-order valence-electron chi connectivity index (χ4n) is 1.01. The SMILES string of the molecule is CC(CN)C(=O)Nc1cc(Cl)c(O)c(Cl)c1.Cl. The lowest BCUT2D eigenvalue weighted by Gasteiger charge is -2.11. The number of carbonyl (C=O) groups is 1. The third-order valence-corrected chi connectivity index (χ3v) is 2.66. The predicted octanol–water partition coefficient (Wildman–Crippen LogP) is 2.65. The molecule has 1 unspecified atom stereocenters. The van der Waals surface area contributed by atoms with Gasteiger partial charge in [0.05, 0.1) is 10.0 Å². The molecule has 0 aromatic heterocycles. The highest BCUT2D eigenvalue weighted by Crippen LogP contribution is 2.34. The second-order valence-electron chi connectivity index (χ2n) is 3.41. The van der Waals surface area contributed by atoms with Gasteiger partial charge in [-0.1, -0.05) is 30.1 Å². The van der Waals surface area contributed by atoms with E-state index >= 15 is 0 Å². The lowest BCUT2D eigenvalue weighted by atomic mass is 10.1. The van der Waals surface area contributed by atoms with Crippen LogP contribution in [-0.4, -0.2) is 17.6 Å². The molecule has 0 aliphatic rings. The van der Waals surface area contributed by atoms with Crippen molar-refractivity contribution in [3.8, 4) is 5.75 Å². The molecule has 0 radical (unpaired) electrons. The first-order valence-electron chi connectivity index (χ1n) is 4.64. The summed E-state index contributed by atoms with van der Waals surface area (Å²) in [7, 11) is 0. The van der Waals surface area contributed by atoms with Gasteiger partial charge in [0.15, 0.2) is 5.75 Å². The Morgan fingerprint density at radius 2 is 1.94 bits per heavy atom. The number of phenols is 1. The fraction of sp³-hybridized carbons (Fsp3) is 0.300. The molecule has 0 spiro atoms. The van der Waals surface area contributed by atoms with E-state index in [1.54, 1.807) is 6.92 Å². The molecule has 0 saturated heterocycles. The van der Waals surface area contributed by atoms with E-state index in [-0.39, 0.29) is 46.6 Å². The first-order chi connectivity index (χ1) is 7.45. The van der Waals surface area contributed by atoms with Gasteiger partial charge in [0, 0.05) is 18.2 Å². The van der Waals surface area contributed by atoms with Crippen molar-refractivity contribution in [2.45, 2.75) is 6.92 Å². The van der Waals surface area contributed by atoms with Crippen molar-refractivity contribution in [2.75, 3.05) is 11.9 Å². The Morgan fingerprint density at radius 1 is 1.47 bits per heavy atom. The number of carbonyl (C=O) groups excluding carboxylic acids is 1. The molecule has 1 aromatic rings. The summed E-state index contributed by atoms with van der Waals surface area (Å²) < 4.78 is 0. The average molecular weight is 300 g/mol. The van der Waals surface area contributed by atoms with Gasteiger partial charge in [-0.25, -0.2) is 0 Å². The minimum absolute atomic E-state index is 0. The van der Waals surface area contributed by atoms with E-state index in [1.807, 2.05) is 0 Å². The largest absolute Gasteiger partial charge is 0.505 e. The molecule has 1 atom stereocenters.